The molecular formula is C17H18F3N5O3. The van der Waals surface area contributed by atoms with Crippen LogP contribution in [0.15, 0.2) is 36.5 Å². The number of hydrogen-bond acceptors (Lipinski definition) is 6. The van der Waals surface area contributed by atoms with Crippen molar-refractivity contribution in [3.05, 3.63) is 52.2 Å². The Hall–Kier alpha value is -3.37. The fourth-order valence-electron chi connectivity index (χ4n) is 2.38. The van der Waals surface area contributed by atoms with Crippen molar-refractivity contribution in [1.82, 2.24) is 4.98 Å². The molecule has 1 aromatic heterocycles. The summed E-state index contributed by atoms with van der Waals surface area (Å²) in [7, 11) is 3.53. The van der Waals surface area contributed by atoms with Gasteiger partial charge in [0.15, 0.2) is 5.82 Å². The van der Waals surface area contributed by atoms with Gasteiger partial charge in [-0.2, -0.15) is 13.2 Å². The molecule has 0 radical (unpaired) electrons. The van der Waals surface area contributed by atoms with Gasteiger partial charge in [0.05, 0.1) is 16.2 Å². The standard InChI is InChI=1S/C17H18F3N5O3/c1-24(2)16-13(4-3-8-22-16)23-15(26)7-9-21-12-6-5-11(17(18,19)20)10-14(12)25(27)28/h3-6,8,10,21H,7,9H2,1-2H3,(H,23,26). The van der Waals surface area contributed by atoms with Crippen LogP contribution in [0, 0.1) is 10.1 Å². The number of carbonyl (C=O) groups excluding carboxylic acids is 1. The first-order valence-electron chi connectivity index (χ1n) is 8.11. The van der Waals surface area contributed by atoms with Crippen LogP contribution in [-0.4, -0.2) is 36.5 Å². The third-order valence-electron chi connectivity index (χ3n) is 3.67. The van der Waals surface area contributed by atoms with Gasteiger partial charge in [0.1, 0.15) is 5.69 Å². The summed E-state index contributed by atoms with van der Waals surface area (Å²) in [6.07, 6.45) is -3.16. The highest BCUT2D eigenvalue weighted by molar-refractivity contribution is 5.93. The molecule has 2 aromatic rings. The van der Waals surface area contributed by atoms with Crippen molar-refractivity contribution in [2.24, 2.45) is 0 Å². The highest BCUT2D eigenvalue weighted by Gasteiger charge is 2.33. The Kier molecular flexibility index (Phi) is 6.39. The average Bonchev–Trinajstić information content (AvgIpc) is 2.61. The smallest absolute Gasteiger partial charge is 0.379 e. The zero-order valence-corrected chi connectivity index (χ0v) is 15.1. The highest BCUT2D eigenvalue weighted by Crippen LogP contribution is 2.34. The van der Waals surface area contributed by atoms with Crippen molar-refractivity contribution in [3.63, 3.8) is 0 Å². The number of rotatable bonds is 7. The lowest BCUT2D eigenvalue weighted by Crippen LogP contribution is -2.20. The second-order valence-corrected chi connectivity index (χ2v) is 5.98. The maximum Gasteiger partial charge on any atom is 0.416 e. The van der Waals surface area contributed by atoms with Gasteiger partial charge in [-0.25, -0.2) is 4.98 Å². The Bertz CT molecular complexity index is 871. The molecule has 0 aliphatic heterocycles. The molecule has 0 atom stereocenters. The van der Waals surface area contributed by atoms with E-state index >= 15 is 0 Å². The lowest BCUT2D eigenvalue weighted by atomic mass is 10.1. The molecule has 0 aliphatic carbocycles. The minimum atomic E-state index is -4.68. The number of nitrogens with zero attached hydrogens (tertiary/aromatic N) is 3. The molecule has 2 N–H and O–H groups in total. The highest BCUT2D eigenvalue weighted by atomic mass is 19.4. The number of anilines is 3. The van der Waals surface area contributed by atoms with Crippen LogP contribution >= 0.6 is 0 Å². The molecule has 0 fully saturated rings. The van der Waals surface area contributed by atoms with Gasteiger partial charge < -0.3 is 15.5 Å². The van der Waals surface area contributed by atoms with E-state index < -0.39 is 22.4 Å². The summed E-state index contributed by atoms with van der Waals surface area (Å²) >= 11 is 0. The van der Waals surface area contributed by atoms with E-state index in [1.165, 1.54) is 0 Å². The van der Waals surface area contributed by atoms with Crippen LogP contribution in [0.4, 0.5) is 36.1 Å². The summed E-state index contributed by atoms with van der Waals surface area (Å²) in [6, 6.07) is 5.51. The maximum absolute atomic E-state index is 12.7. The predicted octanol–water partition coefficient (Wildman–Crippen LogP) is 3.52. The molecule has 1 aromatic carbocycles. The number of carbonyl (C=O) groups is 1. The lowest BCUT2D eigenvalue weighted by Gasteiger charge is -2.16. The lowest BCUT2D eigenvalue weighted by molar-refractivity contribution is -0.384. The van der Waals surface area contributed by atoms with Crippen molar-refractivity contribution in [3.8, 4) is 0 Å². The van der Waals surface area contributed by atoms with Crippen molar-refractivity contribution < 1.29 is 22.9 Å². The summed E-state index contributed by atoms with van der Waals surface area (Å²) in [5.41, 5.74) is -1.42. The molecular weight excluding hydrogens is 379 g/mol. The molecule has 11 heteroatoms. The number of benzene rings is 1. The van der Waals surface area contributed by atoms with Crippen LogP contribution in [0.1, 0.15) is 12.0 Å². The van der Waals surface area contributed by atoms with Gasteiger partial charge in [-0.1, -0.05) is 0 Å². The molecule has 0 unspecified atom stereocenters. The number of alkyl halides is 3. The summed E-state index contributed by atoms with van der Waals surface area (Å²) in [5, 5.41) is 16.4. The number of nitro benzene ring substituents is 1. The first-order chi connectivity index (χ1) is 13.1. The summed E-state index contributed by atoms with van der Waals surface area (Å²) < 4.78 is 38.1. The van der Waals surface area contributed by atoms with Crippen molar-refractivity contribution >= 4 is 28.8 Å². The van der Waals surface area contributed by atoms with Gasteiger partial charge in [-0.15, -0.1) is 0 Å². The second-order valence-electron chi connectivity index (χ2n) is 5.98. The van der Waals surface area contributed by atoms with Gasteiger partial charge >= 0.3 is 6.18 Å². The number of aromatic nitrogens is 1. The predicted molar refractivity (Wildman–Crippen MR) is 98.4 cm³/mol. The van der Waals surface area contributed by atoms with Gasteiger partial charge in [-0.3, -0.25) is 14.9 Å². The van der Waals surface area contributed by atoms with E-state index in [0.717, 1.165) is 12.1 Å². The Labute approximate surface area is 158 Å². The average molecular weight is 397 g/mol. The Morgan fingerprint density at radius 2 is 1.96 bits per heavy atom. The van der Waals surface area contributed by atoms with E-state index in [1.807, 2.05) is 0 Å². The summed E-state index contributed by atoms with van der Waals surface area (Å²) in [6.45, 7) is -0.00437. The van der Waals surface area contributed by atoms with Crippen molar-refractivity contribution in [1.29, 1.82) is 0 Å². The van der Waals surface area contributed by atoms with E-state index in [-0.39, 0.29) is 24.6 Å². The molecule has 0 saturated heterocycles. The van der Waals surface area contributed by atoms with Crippen LogP contribution in [0.3, 0.4) is 0 Å². The molecule has 0 spiro atoms. The number of hydrogen-bond donors (Lipinski definition) is 2. The zero-order chi connectivity index (χ0) is 20.9. The minimum absolute atomic E-state index is 0.00437. The normalized spacial score (nSPS) is 11.0. The molecule has 0 saturated carbocycles. The van der Waals surface area contributed by atoms with Crippen LogP contribution in [0.25, 0.3) is 0 Å². The number of amides is 1. The van der Waals surface area contributed by atoms with Crippen molar-refractivity contribution in [2.45, 2.75) is 12.6 Å². The first-order valence-corrected chi connectivity index (χ1v) is 8.11. The van der Waals surface area contributed by atoms with Gasteiger partial charge in [-0.05, 0) is 24.3 Å². The molecule has 0 aliphatic rings. The molecule has 28 heavy (non-hydrogen) atoms. The monoisotopic (exact) mass is 397 g/mol. The number of halogens is 3. The SMILES string of the molecule is CN(C)c1ncccc1NC(=O)CCNc1ccc(C(F)(F)F)cc1[N+](=O)[O-]. The fraction of sp³-hybridized carbons (Fsp3) is 0.294. The molecule has 8 nitrogen and oxygen atoms in total. The molecule has 150 valence electrons. The van der Waals surface area contributed by atoms with Crippen molar-refractivity contribution in [2.75, 3.05) is 36.2 Å². The number of nitrogens with one attached hydrogen (secondary N) is 2. The Morgan fingerprint density at radius 1 is 1.25 bits per heavy atom. The largest absolute Gasteiger partial charge is 0.416 e. The Balaban J connectivity index is 2.01. The fourth-order valence-corrected chi connectivity index (χ4v) is 2.38. The van der Waals surface area contributed by atoms with Crippen LogP contribution in [-0.2, 0) is 11.0 Å². The third-order valence-corrected chi connectivity index (χ3v) is 3.67. The van der Waals surface area contributed by atoms with E-state index in [1.54, 1.807) is 37.3 Å². The molecule has 1 heterocycles. The molecule has 0 bridgehead atoms. The number of nitro groups is 1. The quantitative estimate of drug-likeness (QED) is 0.548. The summed E-state index contributed by atoms with van der Waals surface area (Å²) in [5.74, 6) is 0.181. The molecule has 2 rings (SSSR count). The first kappa shape index (κ1) is 20.9. The maximum atomic E-state index is 12.7. The topological polar surface area (TPSA) is 100 Å². The van der Waals surface area contributed by atoms with E-state index in [2.05, 4.69) is 15.6 Å². The minimum Gasteiger partial charge on any atom is -0.379 e. The second kappa shape index (κ2) is 8.55. The Morgan fingerprint density at radius 3 is 2.57 bits per heavy atom. The zero-order valence-electron chi connectivity index (χ0n) is 15.1. The van der Waals surface area contributed by atoms with Gasteiger partial charge in [0.25, 0.3) is 5.69 Å². The van der Waals surface area contributed by atoms with Crippen LogP contribution in [0.2, 0.25) is 0 Å². The molecule has 1 amide bonds. The van der Waals surface area contributed by atoms with Crippen LogP contribution < -0.4 is 15.5 Å². The van der Waals surface area contributed by atoms with Gasteiger partial charge in [0, 0.05) is 39.3 Å². The summed E-state index contributed by atoms with van der Waals surface area (Å²) in [4.78, 5) is 28.1. The van der Waals surface area contributed by atoms with E-state index in [0.29, 0.717) is 17.6 Å². The third kappa shape index (κ3) is 5.32. The van der Waals surface area contributed by atoms with Gasteiger partial charge in [0.2, 0.25) is 5.91 Å². The number of pyridine rings is 1. The van der Waals surface area contributed by atoms with Crippen LogP contribution in [0.5, 0.6) is 0 Å². The van der Waals surface area contributed by atoms with E-state index in [4.69, 9.17) is 0 Å². The van der Waals surface area contributed by atoms with E-state index in [9.17, 15) is 28.1 Å².